The molecule has 0 spiro atoms. The highest BCUT2D eigenvalue weighted by molar-refractivity contribution is 7.92. The summed E-state index contributed by atoms with van der Waals surface area (Å²) >= 11 is 0. The summed E-state index contributed by atoms with van der Waals surface area (Å²) in [6.45, 7) is 3.63. The van der Waals surface area contributed by atoms with Crippen molar-refractivity contribution in [1.29, 1.82) is 0 Å². The van der Waals surface area contributed by atoms with Crippen molar-refractivity contribution < 1.29 is 13.2 Å². The van der Waals surface area contributed by atoms with E-state index in [1.807, 2.05) is 6.92 Å². The van der Waals surface area contributed by atoms with Gasteiger partial charge in [0.05, 0.1) is 10.6 Å². The van der Waals surface area contributed by atoms with Crippen molar-refractivity contribution in [2.45, 2.75) is 18.7 Å². The Balaban J connectivity index is 1.50. The minimum atomic E-state index is -3.69. The largest absolute Gasteiger partial charge is 0.322 e. The van der Waals surface area contributed by atoms with Crippen LogP contribution in [0.4, 0.5) is 11.4 Å². The van der Waals surface area contributed by atoms with Crippen LogP contribution >= 0.6 is 0 Å². The minimum absolute atomic E-state index is 0.182. The number of benzene rings is 2. The monoisotopic (exact) mass is 421 g/mol. The molecule has 2 N–H and O–H groups in total. The lowest BCUT2D eigenvalue weighted by molar-refractivity contribution is 0.102. The van der Waals surface area contributed by atoms with Crippen molar-refractivity contribution in [3.05, 3.63) is 83.8 Å². The Hall–Kier alpha value is -3.72. The first kappa shape index (κ1) is 19.6. The number of anilines is 2. The number of carbonyl (C=O) groups excluding carboxylic acids is 1. The lowest BCUT2D eigenvalue weighted by Gasteiger charge is -2.10. The summed E-state index contributed by atoms with van der Waals surface area (Å²) in [7, 11) is -3.69. The lowest BCUT2D eigenvalue weighted by Crippen LogP contribution is -2.14. The van der Waals surface area contributed by atoms with Gasteiger partial charge in [0.1, 0.15) is 5.56 Å². The fourth-order valence-corrected chi connectivity index (χ4v) is 4.07. The molecule has 30 heavy (non-hydrogen) atoms. The number of rotatable bonds is 5. The third-order valence-electron chi connectivity index (χ3n) is 4.52. The molecule has 0 radical (unpaired) electrons. The van der Waals surface area contributed by atoms with E-state index in [1.54, 1.807) is 78.4 Å². The zero-order valence-electron chi connectivity index (χ0n) is 16.3. The Labute approximate surface area is 173 Å². The molecule has 0 saturated carbocycles. The van der Waals surface area contributed by atoms with E-state index < -0.39 is 10.0 Å². The molecule has 1 amide bonds. The van der Waals surface area contributed by atoms with Crippen LogP contribution in [0.1, 0.15) is 21.6 Å². The summed E-state index contributed by atoms with van der Waals surface area (Å²) in [5.41, 5.74) is 3.31. The zero-order valence-corrected chi connectivity index (χ0v) is 17.1. The van der Waals surface area contributed by atoms with Crippen LogP contribution in [-0.4, -0.2) is 28.9 Å². The van der Waals surface area contributed by atoms with Gasteiger partial charge in [0, 0.05) is 23.8 Å². The average molecular weight is 421 g/mol. The molecule has 152 valence electrons. The van der Waals surface area contributed by atoms with Crippen LogP contribution in [0.25, 0.3) is 5.65 Å². The fraction of sp³-hybridized carbons (Fsp3) is 0.0952. The topological polar surface area (TPSA) is 105 Å². The van der Waals surface area contributed by atoms with Gasteiger partial charge in [0.2, 0.25) is 0 Å². The van der Waals surface area contributed by atoms with Gasteiger partial charge in [-0.05, 0) is 56.3 Å². The second kappa shape index (κ2) is 7.60. The molecule has 0 saturated heterocycles. The molecular formula is C21H19N5O3S. The molecule has 0 atom stereocenters. The number of nitrogens with one attached hydrogen (secondary N) is 2. The van der Waals surface area contributed by atoms with Crippen LogP contribution in [0.3, 0.4) is 0 Å². The van der Waals surface area contributed by atoms with Crippen LogP contribution < -0.4 is 10.0 Å². The Morgan fingerprint density at radius 3 is 2.33 bits per heavy atom. The molecule has 9 heteroatoms. The van der Waals surface area contributed by atoms with E-state index in [9.17, 15) is 13.2 Å². The highest BCUT2D eigenvalue weighted by Crippen LogP contribution is 2.20. The Morgan fingerprint density at radius 2 is 1.63 bits per heavy atom. The van der Waals surface area contributed by atoms with Crippen molar-refractivity contribution in [2.24, 2.45) is 0 Å². The van der Waals surface area contributed by atoms with E-state index in [-0.39, 0.29) is 10.8 Å². The van der Waals surface area contributed by atoms with Gasteiger partial charge in [0.15, 0.2) is 5.65 Å². The molecule has 2 aromatic carbocycles. The molecule has 0 aliphatic carbocycles. The Morgan fingerprint density at radius 1 is 0.967 bits per heavy atom. The first-order valence-electron chi connectivity index (χ1n) is 9.14. The maximum absolute atomic E-state index is 12.7. The number of fused-ring (bicyclic) bond motifs is 1. The van der Waals surface area contributed by atoms with Crippen molar-refractivity contribution >= 4 is 33.0 Å². The van der Waals surface area contributed by atoms with Crippen molar-refractivity contribution in [1.82, 2.24) is 14.6 Å². The standard InChI is InChI=1S/C21H19N5O3S/c1-14-4-10-18(11-5-14)30(28,29)25-17-8-6-16(7-9-17)23-21(27)19-15(2)24-26-13-3-12-22-20(19)26/h3-13,25H,1-2H3,(H,23,27). The molecule has 0 unspecified atom stereocenters. The third-order valence-corrected chi connectivity index (χ3v) is 5.92. The summed E-state index contributed by atoms with van der Waals surface area (Å²) < 4.78 is 29.1. The number of aryl methyl sites for hydroxylation is 2. The summed E-state index contributed by atoms with van der Waals surface area (Å²) in [6, 6.07) is 14.7. The van der Waals surface area contributed by atoms with Gasteiger partial charge in [-0.15, -0.1) is 0 Å². The number of amides is 1. The number of hydrogen-bond donors (Lipinski definition) is 2. The average Bonchev–Trinajstić information content (AvgIpc) is 3.05. The second-order valence-corrected chi connectivity index (χ2v) is 8.48. The quantitative estimate of drug-likeness (QED) is 0.514. The molecule has 0 aliphatic rings. The number of hydrogen-bond acceptors (Lipinski definition) is 5. The minimum Gasteiger partial charge on any atom is -0.322 e. The third kappa shape index (κ3) is 3.87. The van der Waals surface area contributed by atoms with Crippen molar-refractivity contribution in [2.75, 3.05) is 10.0 Å². The second-order valence-electron chi connectivity index (χ2n) is 6.80. The molecular weight excluding hydrogens is 402 g/mol. The molecule has 0 bridgehead atoms. The molecule has 4 rings (SSSR count). The van der Waals surface area contributed by atoms with E-state index in [0.717, 1.165) is 5.56 Å². The lowest BCUT2D eigenvalue weighted by atomic mass is 10.2. The van der Waals surface area contributed by atoms with Crippen molar-refractivity contribution in [3.63, 3.8) is 0 Å². The Bertz CT molecular complexity index is 1330. The van der Waals surface area contributed by atoms with E-state index in [0.29, 0.717) is 28.3 Å². The zero-order chi connectivity index (χ0) is 21.3. The molecule has 0 aliphatic heterocycles. The van der Waals surface area contributed by atoms with Gasteiger partial charge in [0.25, 0.3) is 15.9 Å². The SMILES string of the molecule is Cc1ccc(S(=O)(=O)Nc2ccc(NC(=O)c3c(C)nn4cccnc34)cc2)cc1. The summed E-state index contributed by atoms with van der Waals surface area (Å²) in [5.74, 6) is -0.339. The van der Waals surface area contributed by atoms with E-state index in [1.165, 1.54) is 0 Å². The number of aromatic nitrogens is 3. The van der Waals surface area contributed by atoms with Gasteiger partial charge in [-0.1, -0.05) is 17.7 Å². The summed E-state index contributed by atoms with van der Waals surface area (Å²) in [6.07, 6.45) is 3.32. The maximum Gasteiger partial charge on any atom is 0.261 e. The number of carbonyl (C=O) groups is 1. The normalized spacial score (nSPS) is 11.4. The van der Waals surface area contributed by atoms with Gasteiger partial charge in [-0.3, -0.25) is 9.52 Å². The predicted octanol–water partition coefficient (Wildman–Crippen LogP) is 3.40. The van der Waals surface area contributed by atoms with Gasteiger partial charge < -0.3 is 5.32 Å². The number of nitrogens with zero attached hydrogens (tertiary/aromatic N) is 3. The van der Waals surface area contributed by atoms with Crippen molar-refractivity contribution in [3.8, 4) is 0 Å². The summed E-state index contributed by atoms with van der Waals surface area (Å²) in [5, 5.41) is 7.08. The van der Waals surface area contributed by atoms with Crippen LogP contribution in [0.15, 0.2) is 71.9 Å². The molecule has 0 fully saturated rings. The first-order chi connectivity index (χ1) is 14.3. The highest BCUT2D eigenvalue weighted by Gasteiger charge is 2.18. The summed E-state index contributed by atoms with van der Waals surface area (Å²) in [4.78, 5) is 17.1. The maximum atomic E-state index is 12.7. The Kier molecular flexibility index (Phi) is 4.96. The van der Waals surface area contributed by atoms with E-state index in [4.69, 9.17) is 0 Å². The number of sulfonamides is 1. The molecule has 4 aromatic rings. The van der Waals surface area contributed by atoms with Crippen LogP contribution in [0.5, 0.6) is 0 Å². The first-order valence-corrected chi connectivity index (χ1v) is 10.6. The van der Waals surface area contributed by atoms with E-state index in [2.05, 4.69) is 20.1 Å². The van der Waals surface area contributed by atoms with Crippen LogP contribution in [-0.2, 0) is 10.0 Å². The molecule has 2 aromatic heterocycles. The van der Waals surface area contributed by atoms with E-state index >= 15 is 0 Å². The fourth-order valence-electron chi connectivity index (χ4n) is 3.01. The van der Waals surface area contributed by atoms with Gasteiger partial charge in [-0.2, -0.15) is 5.10 Å². The smallest absolute Gasteiger partial charge is 0.261 e. The van der Waals surface area contributed by atoms with Gasteiger partial charge in [-0.25, -0.2) is 17.9 Å². The molecule has 2 heterocycles. The van der Waals surface area contributed by atoms with Gasteiger partial charge >= 0.3 is 0 Å². The van der Waals surface area contributed by atoms with Crippen LogP contribution in [0, 0.1) is 13.8 Å². The molecule has 8 nitrogen and oxygen atoms in total. The highest BCUT2D eigenvalue weighted by atomic mass is 32.2. The van der Waals surface area contributed by atoms with Crippen LogP contribution in [0.2, 0.25) is 0 Å². The predicted molar refractivity (Wildman–Crippen MR) is 114 cm³/mol.